The smallest absolute Gasteiger partial charge is 0.230 e. The fraction of sp³-hybridized carbons (Fsp3) is 0.176. The first-order valence-corrected chi connectivity index (χ1v) is 8.13. The van der Waals surface area contributed by atoms with Crippen molar-refractivity contribution in [2.24, 2.45) is 0 Å². The van der Waals surface area contributed by atoms with Crippen LogP contribution < -0.4 is 5.32 Å². The van der Waals surface area contributed by atoms with E-state index in [1.54, 1.807) is 0 Å². The molecule has 1 amide bonds. The van der Waals surface area contributed by atoms with E-state index in [1.807, 2.05) is 61.5 Å². The lowest BCUT2D eigenvalue weighted by atomic mass is 10.1. The first-order valence-electron chi connectivity index (χ1n) is 7.14. The molecule has 4 nitrogen and oxygen atoms in total. The Labute approximate surface area is 133 Å². The lowest BCUT2D eigenvalue weighted by Crippen LogP contribution is -2.28. The molecule has 1 atom stereocenters. The molecule has 0 fully saturated rings. The number of amides is 1. The number of aromatic amines is 1. The van der Waals surface area contributed by atoms with E-state index in [-0.39, 0.29) is 11.9 Å². The molecule has 0 saturated heterocycles. The van der Waals surface area contributed by atoms with Gasteiger partial charge in [0.25, 0.3) is 0 Å². The highest BCUT2D eigenvalue weighted by Crippen LogP contribution is 2.19. The van der Waals surface area contributed by atoms with Crippen LogP contribution in [0.25, 0.3) is 11.0 Å². The zero-order chi connectivity index (χ0) is 15.4. The van der Waals surface area contributed by atoms with Gasteiger partial charge in [-0.05, 0) is 24.6 Å². The third kappa shape index (κ3) is 3.49. The summed E-state index contributed by atoms with van der Waals surface area (Å²) in [6, 6.07) is 17.8. The highest BCUT2D eigenvalue weighted by Gasteiger charge is 2.11. The number of hydrogen-bond donors (Lipinski definition) is 2. The molecule has 22 heavy (non-hydrogen) atoms. The van der Waals surface area contributed by atoms with E-state index in [4.69, 9.17) is 0 Å². The lowest BCUT2D eigenvalue weighted by Gasteiger charge is -2.13. The standard InChI is InChI=1S/C17H17N3OS/c1-12(13-7-3-2-4-8-13)18-16(21)11-22-17-19-14-9-5-6-10-15(14)20-17/h2-10,12H,11H2,1H3,(H,18,21)(H,19,20). The number of rotatable bonds is 5. The van der Waals surface area contributed by atoms with Crippen LogP contribution in [0.5, 0.6) is 0 Å². The molecule has 1 aromatic heterocycles. The van der Waals surface area contributed by atoms with Gasteiger partial charge in [-0.3, -0.25) is 4.79 Å². The molecule has 5 heteroatoms. The van der Waals surface area contributed by atoms with Crippen LogP contribution in [0.2, 0.25) is 0 Å². The predicted octanol–water partition coefficient (Wildman–Crippen LogP) is 3.53. The number of hydrogen-bond acceptors (Lipinski definition) is 3. The summed E-state index contributed by atoms with van der Waals surface area (Å²) in [6.07, 6.45) is 0. The van der Waals surface area contributed by atoms with Gasteiger partial charge >= 0.3 is 0 Å². The van der Waals surface area contributed by atoms with Crippen molar-refractivity contribution in [3.05, 3.63) is 60.2 Å². The number of H-pyrrole nitrogens is 1. The van der Waals surface area contributed by atoms with Crippen LogP contribution in [0.1, 0.15) is 18.5 Å². The number of nitrogens with one attached hydrogen (secondary N) is 2. The van der Waals surface area contributed by atoms with Crippen molar-refractivity contribution in [3.63, 3.8) is 0 Å². The second-order valence-electron chi connectivity index (χ2n) is 5.05. The third-order valence-electron chi connectivity index (χ3n) is 3.38. The second-order valence-corrected chi connectivity index (χ2v) is 6.01. The Balaban J connectivity index is 1.56. The van der Waals surface area contributed by atoms with E-state index in [2.05, 4.69) is 15.3 Å². The molecule has 1 heterocycles. The number of benzene rings is 2. The summed E-state index contributed by atoms with van der Waals surface area (Å²) in [5.41, 5.74) is 3.01. The SMILES string of the molecule is CC(NC(=O)CSc1nc2ccccc2[nH]1)c1ccccc1. The van der Waals surface area contributed by atoms with Crippen LogP contribution in [-0.4, -0.2) is 21.6 Å². The summed E-state index contributed by atoms with van der Waals surface area (Å²) in [4.78, 5) is 19.7. The van der Waals surface area contributed by atoms with Crippen LogP contribution in [0, 0.1) is 0 Å². The van der Waals surface area contributed by atoms with Crippen molar-refractivity contribution < 1.29 is 4.79 Å². The largest absolute Gasteiger partial charge is 0.349 e. The van der Waals surface area contributed by atoms with Gasteiger partial charge in [0.1, 0.15) is 0 Å². The molecule has 1 unspecified atom stereocenters. The fourth-order valence-electron chi connectivity index (χ4n) is 2.24. The average molecular weight is 311 g/mol. The normalized spacial score (nSPS) is 12.2. The monoisotopic (exact) mass is 311 g/mol. The average Bonchev–Trinajstić information content (AvgIpc) is 2.96. The maximum atomic E-state index is 12.0. The Morgan fingerprint density at radius 1 is 1.18 bits per heavy atom. The number of thioether (sulfide) groups is 1. The molecule has 0 saturated carbocycles. The molecule has 0 aliphatic rings. The Morgan fingerprint density at radius 2 is 1.91 bits per heavy atom. The number of imidazole rings is 1. The quantitative estimate of drug-likeness (QED) is 0.709. The molecule has 0 aliphatic carbocycles. The highest BCUT2D eigenvalue weighted by molar-refractivity contribution is 7.99. The lowest BCUT2D eigenvalue weighted by molar-refractivity contribution is -0.119. The summed E-state index contributed by atoms with van der Waals surface area (Å²) in [5, 5.41) is 3.77. The van der Waals surface area contributed by atoms with E-state index < -0.39 is 0 Å². The zero-order valence-electron chi connectivity index (χ0n) is 12.2. The molecular formula is C17H17N3OS. The Morgan fingerprint density at radius 3 is 2.68 bits per heavy atom. The summed E-state index contributed by atoms with van der Waals surface area (Å²) >= 11 is 1.41. The first-order chi connectivity index (χ1) is 10.7. The molecule has 2 aromatic carbocycles. The Kier molecular flexibility index (Phi) is 4.44. The van der Waals surface area contributed by atoms with Crippen LogP contribution in [0.15, 0.2) is 59.8 Å². The van der Waals surface area contributed by atoms with Gasteiger partial charge in [0, 0.05) is 0 Å². The van der Waals surface area contributed by atoms with E-state index in [1.165, 1.54) is 11.8 Å². The molecule has 3 aromatic rings. The van der Waals surface area contributed by atoms with Gasteiger partial charge < -0.3 is 10.3 Å². The minimum Gasteiger partial charge on any atom is -0.349 e. The highest BCUT2D eigenvalue weighted by atomic mass is 32.2. The summed E-state index contributed by atoms with van der Waals surface area (Å²) in [7, 11) is 0. The van der Waals surface area contributed by atoms with Gasteiger partial charge in [-0.2, -0.15) is 0 Å². The Hall–Kier alpha value is -2.27. The van der Waals surface area contributed by atoms with E-state index in [0.717, 1.165) is 21.8 Å². The maximum absolute atomic E-state index is 12.0. The topological polar surface area (TPSA) is 57.8 Å². The molecule has 0 radical (unpaired) electrons. The minimum atomic E-state index is 0.00168. The fourth-order valence-corrected chi connectivity index (χ4v) is 2.94. The van der Waals surface area contributed by atoms with Gasteiger partial charge in [0.05, 0.1) is 22.8 Å². The maximum Gasteiger partial charge on any atom is 0.230 e. The molecule has 112 valence electrons. The van der Waals surface area contributed by atoms with E-state index in [9.17, 15) is 4.79 Å². The summed E-state index contributed by atoms with van der Waals surface area (Å²) < 4.78 is 0. The molecule has 3 rings (SSSR count). The van der Waals surface area contributed by atoms with Crippen molar-refractivity contribution in [1.82, 2.24) is 15.3 Å². The molecule has 0 spiro atoms. The number of carbonyl (C=O) groups excluding carboxylic acids is 1. The molecular weight excluding hydrogens is 294 g/mol. The number of aromatic nitrogens is 2. The zero-order valence-corrected chi connectivity index (χ0v) is 13.1. The number of carbonyl (C=O) groups is 1. The Bertz CT molecular complexity index is 737. The van der Waals surface area contributed by atoms with Gasteiger partial charge in [-0.25, -0.2) is 4.98 Å². The predicted molar refractivity (Wildman–Crippen MR) is 89.8 cm³/mol. The van der Waals surface area contributed by atoms with E-state index >= 15 is 0 Å². The minimum absolute atomic E-state index is 0.00168. The van der Waals surface area contributed by atoms with Gasteiger partial charge in [-0.15, -0.1) is 0 Å². The van der Waals surface area contributed by atoms with Crippen molar-refractivity contribution >= 4 is 28.7 Å². The van der Waals surface area contributed by atoms with Crippen LogP contribution in [0.3, 0.4) is 0 Å². The third-order valence-corrected chi connectivity index (χ3v) is 4.26. The van der Waals surface area contributed by atoms with Crippen LogP contribution in [0.4, 0.5) is 0 Å². The van der Waals surface area contributed by atoms with Crippen LogP contribution >= 0.6 is 11.8 Å². The number of para-hydroxylation sites is 2. The number of nitrogens with zero attached hydrogens (tertiary/aromatic N) is 1. The molecule has 2 N–H and O–H groups in total. The molecule has 0 bridgehead atoms. The molecule has 0 aliphatic heterocycles. The van der Waals surface area contributed by atoms with Crippen molar-refractivity contribution in [2.75, 3.05) is 5.75 Å². The van der Waals surface area contributed by atoms with Gasteiger partial charge in [0.2, 0.25) is 5.91 Å². The van der Waals surface area contributed by atoms with Crippen molar-refractivity contribution in [2.45, 2.75) is 18.1 Å². The van der Waals surface area contributed by atoms with Gasteiger partial charge in [-0.1, -0.05) is 54.2 Å². The van der Waals surface area contributed by atoms with E-state index in [0.29, 0.717) is 5.75 Å². The van der Waals surface area contributed by atoms with Crippen molar-refractivity contribution in [1.29, 1.82) is 0 Å². The van der Waals surface area contributed by atoms with Crippen molar-refractivity contribution in [3.8, 4) is 0 Å². The number of fused-ring (bicyclic) bond motifs is 1. The van der Waals surface area contributed by atoms with Crippen LogP contribution in [-0.2, 0) is 4.79 Å². The van der Waals surface area contributed by atoms with Gasteiger partial charge in [0.15, 0.2) is 5.16 Å². The second kappa shape index (κ2) is 6.66. The summed E-state index contributed by atoms with van der Waals surface area (Å²) in [5.74, 6) is 0.346. The summed E-state index contributed by atoms with van der Waals surface area (Å²) in [6.45, 7) is 1.99. The first kappa shape index (κ1) is 14.7.